The normalized spacial score (nSPS) is 13.7. The molecule has 1 rings (SSSR count). The van der Waals surface area contributed by atoms with Crippen molar-refractivity contribution in [2.75, 3.05) is 25.2 Å². The van der Waals surface area contributed by atoms with Crippen LogP contribution in [-0.4, -0.2) is 41.5 Å². The first-order valence-corrected chi connectivity index (χ1v) is 8.26. The Balaban J connectivity index is 2.54. The number of carbonyl (C=O) groups is 1. The molecule has 0 N–H and O–H groups in total. The second-order valence-electron chi connectivity index (χ2n) is 4.51. The van der Waals surface area contributed by atoms with Crippen LogP contribution in [0.4, 0.5) is 0 Å². The molecule has 0 fully saturated rings. The van der Waals surface area contributed by atoms with Crippen LogP contribution in [0.25, 0.3) is 0 Å². The van der Waals surface area contributed by atoms with E-state index < -0.39 is 22.9 Å². The van der Waals surface area contributed by atoms with Crippen molar-refractivity contribution in [2.24, 2.45) is 0 Å². The molecule has 20 heavy (non-hydrogen) atoms. The zero-order valence-electron chi connectivity index (χ0n) is 12.0. The Kier molecular flexibility index (Phi) is 8.14. The van der Waals surface area contributed by atoms with E-state index in [1.807, 2.05) is 6.07 Å². The number of carbonyl (C=O) groups excluding carboxylic acids is 1. The smallest absolute Gasteiger partial charge is 0.338 e. The van der Waals surface area contributed by atoms with Crippen LogP contribution in [0.2, 0.25) is 0 Å². The van der Waals surface area contributed by atoms with E-state index in [1.165, 1.54) is 7.11 Å². The standard InChI is InChI=1S/C15H22O4S/c1-3-4-10-20(17)12-14(11-18-2)19-15(16)13-8-6-5-7-9-13/h5-9,14H,3-4,10-12H2,1-2H3/t14-,20-/m1/s1. The van der Waals surface area contributed by atoms with E-state index in [0.717, 1.165) is 12.8 Å². The molecule has 0 unspecified atom stereocenters. The Labute approximate surface area is 122 Å². The van der Waals surface area contributed by atoms with Crippen LogP contribution in [0.5, 0.6) is 0 Å². The highest BCUT2D eigenvalue weighted by Gasteiger charge is 2.18. The van der Waals surface area contributed by atoms with Gasteiger partial charge in [-0.05, 0) is 18.6 Å². The van der Waals surface area contributed by atoms with Crippen LogP contribution in [0, 0.1) is 0 Å². The first-order valence-electron chi connectivity index (χ1n) is 6.77. The predicted octanol–water partition coefficient (Wildman–Crippen LogP) is 2.41. The van der Waals surface area contributed by atoms with Crippen LogP contribution in [0.1, 0.15) is 30.1 Å². The summed E-state index contributed by atoms with van der Waals surface area (Å²) in [7, 11) is 0.558. The van der Waals surface area contributed by atoms with Crippen molar-refractivity contribution >= 4 is 16.8 Å². The van der Waals surface area contributed by atoms with Crippen LogP contribution in [0.15, 0.2) is 30.3 Å². The summed E-state index contributed by atoms with van der Waals surface area (Å²) < 4.78 is 22.3. The second kappa shape index (κ2) is 9.66. The molecule has 4 nitrogen and oxygen atoms in total. The Bertz CT molecular complexity index is 419. The van der Waals surface area contributed by atoms with Crippen molar-refractivity contribution in [3.05, 3.63) is 35.9 Å². The summed E-state index contributed by atoms with van der Waals surface area (Å²) in [6, 6.07) is 8.78. The minimum absolute atomic E-state index is 0.260. The number of unbranched alkanes of at least 4 members (excludes halogenated alkanes) is 1. The lowest BCUT2D eigenvalue weighted by Gasteiger charge is -2.16. The summed E-state index contributed by atoms with van der Waals surface area (Å²) in [5.74, 6) is 0.562. The number of methoxy groups -OCH3 is 1. The molecule has 0 saturated heterocycles. The minimum atomic E-state index is -0.982. The largest absolute Gasteiger partial charge is 0.455 e. The maximum atomic E-state index is 11.9. The first kappa shape index (κ1) is 16.9. The fourth-order valence-electron chi connectivity index (χ4n) is 1.69. The van der Waals surface area contributed by atoms with Crippen LogP contribution < -0.4 is 0 Å². The summed E-state index contributed by atoms with van der Waals surface area (Å²) in [4.78, 5) is 11.9. The SMILES string of the molecule is CCCC[S@@](=O)C[C@@H](COC)OC(=O)c1ccccc1. The maximum Gasteiger partial charge on any atom is 0.338 e. The quantitative estimate of drug-likeness (QED) is 0.657. The predicted molar refractivity (Wildman–Crippen MR) is 80.3 cm³/mol. The Morgan fingerprint density at radius 1 is 1.30 bits per heavy atom. The topological polar surface area (TPSA) is 52.6 Å². The Hall–Kier alpha value is -1.20. The molecule has 0 aliphatic heterocycles. The summed E-state index contributed by atoms with van der Waals surface area (Å²) in [5, 5.41) is 0. The van der Waals surface area contributed by atoms with Gasteiger partial charge in [0.05, 0.1) is 17.9 Å². The summed E-state index contributed by atoms with van der Waals surface area (Å²) in [6.07, 6.45) is 1.45. The molecular formula is C15H22O4S. The number of rotatable bonds is 9. The van der Waals surface area contributed by atoms with Crippen LogP contribution in [-0.2, 0) is 20.3 Å². The highest BCUT2D eigenvalue weighted by Crippen LogP contribution is 2.06. The lowest BCUT2D eigenvalue weighted by Crippen LogP contribution is -2.29. The van der Waals surface area contributed by atoms with Crippen molar-refractivity contribution in [1.29, 1.82) is 0 Å². The Morgan fingerprint density at radius 3 is 2.60 bits per heavy atom. The summed E-state index contributed by atoms with van der Waals surface area (Å²) in [6.45, 7) is 2.32. The molecule has 0 heterocycles. The second-order valence-corrected chi connectivity index (χ2v) is 6.13. The Morgan fingerprint density at radius 2 is 2.00 bits per heavy atom. The molecule has 0 aliphatic carbocycles. The third kappa shape index (κ3) is 6.30. The van der Waals surface area contributed by atoms with Crippen LogP contribution in [0.3, 0.4) is 0 Å². The molecule has 2 atom stereocenters. The van der Waals surface area contributed by atoms with Gasteiger partial charge in [-0.3, -0.25) is 4.21 Å². The van der Waals surface area contributed by atoms with E-state index >= 15 is 0 Å². The minimum Gasteiger partial charge on any atom is -0.455 e. The van der Waals surface area contributed by atoms with E-state index in [1.54, 1.807) is 24.3 Å². The molecule has 0 bridgehead atoms. The van der Waals surface area contributed by atoms with Gasteiger partial charge in [0.15, 0.2) is 0 Å². The number of ether oxygens (including phenoxy) is 2. The fourth-order valence-corrected chi connectivity index (χ4v) is 3.05. The molecule has 112 valence electrons. The lowest BCUT2D eigenvalue weighted by molar-refractivity contribution is 0.0132. The van der Waals surface area contributed by atoms with Gasteiger partial charge in [0.25, 0.3) is 0 Å². The summed E-state index contributed by atoms with van der Waals surface area (Å²) >= 11 is 0. The van der Waals surface area contributed by atoms with E-state index in [0.29, 0.717) is 17.1 Å². The van der Waals surface area contributed by atoms with Gasteiger partial charge in [0.1, 0.15) is 6.10 Å². The molecule has 0 radical (unpaired) electrons. The highest BCUT2D eigenvalue weighted by atomic mass is 32.2. The third-order valence-corrected chi connectivity index (χ3v) is 4.22. The number of hydrogen-bond donors (Lipinski definition) is 0. The van der Waals surface area contributed by atoms with Gasteiger partial charge in [0, 0.05) is 23.7 Å². The summed E-state index contributed by atoms with van der Waals surface area (Å²) in [5.41, 5.74) is 0.493. The first-order chi connectivity index (χ1) is 9.67. The number of hydrogen-bond acceptors (Lipinski definition) is 4. The molecule has 0 saturated carbocycles. The van der Waals surface area contributed by atoms with E-state index in [-0.39, 0.29) is 6.61 Å². The van der Waals surface area contributed by atoms with Gasteiger partial charge in [0.2, 0.25) is 0 Å². The van der Waals surface area contributed by atoms with Gasteiger partial charge in [-0.1, -0.05) is 31.5 Å². The van der Waals surface area contributed by atoms with Gasteiger partial charge in [-0.2, -0.15) is 0 Å². The molecule has 0 aromatic heterocycles. The average Bonchev–Trinajstić information content (AvgIpc) is 2.46. The molecule has 0 amide bonds. The van der Waals surface area contributed by atoms with Crippen molar-refractivity contribution in [3.8, 4) is 0 Å². The van der Waals surface area contributed by atoms with E-state index in [2.05, 4.69) is 6.92 Å². The zero-order valence-corrected chi connectivity index (χ0v) is 12.9. The van der Waals surface area contributed by atoms with Crippen LogP contribution >= 0.6 is 0 Å². The van der Waals surface area contributed by atoms with Crippen molar-refractivity contribution in [3.63, 3.8) is 0 Å². The zero-order chi connectivity index (χ0) is 14.8. The average molecular weight is 298 g/mol. The molecule has 1 aromatic carbocycles. The maximum absolute atomic E-state index is 11.9. The van der Waals surface area contributed by atoms with E-state index in [9.17, 15) is 9.00 Å². The monoisotopic (exact) mass is 298 g/mol. The van der Waals surface area contributed by atoms with Gasteiger partial charge < -0.3 is 9.47 Å². The third-order valence-electron chi connectivity index (χ3n) is 2.73. The molecule has 1 aromatic rings. The van der Waals surface area contributed by atoms with Crippen molar-refractivity contribution < 1.29 is 18.5 Å². The number of esters is 1. The molecule has 0 spiro atoms. The van der Waals surface area contributed by atoms with Crippen molar-refractivity contribution in [2.45, 2.75) is 25.9 Å². The van der Waals surface area contributed by atoms with Gasteiger partial charge >= 0.3 is 5.97 Å². The molecule has 5 heteroatoms. The molecule has 0 aliphatic rings. The highest BCUT2D eigenvalue weighted by molar-refractivity contribution is 7.85. The fraction of sp³-hybridized carbons (Fsp3) is 0.533. The van der Waals surface area contributed by atoms with Gasteiger partial charge in [-0.25, -0.2) is 4.79 Å². The number of benzene rings is 1. The van der Waals surface area contributed by atoms with E-state index in [4.69, 9.17) is 9.47 Å². The van der Waals surface area contributed by atoms with Gasteiger partial charge in [-0.15, -0.1) is 0 Å². The molecular weight excluding hydrogens is 276 g/mol. The van der Waals surface area contributed by atoms with Crippen molar-refractivity contribution in [1.82, 2.24) is 0 Å². The lowest BCUT2D eigenvalue weighted by atomic mass is 10.2.